The van der Waals surface area contributed by atoms with Crippen LogP contribution < -0.4 is 10.6 Å². The lowest BCUT2D eigenvalue weighted by molar-refractivity contribution is -0.125. The fraction of sp³-hybridized carbons (Fsp3) is 0.667. The van der Waals surface area contributed by atoms with Gasteiger partial charge in [0.25, 0.3) is 5.91 Å². The van der Waals surface area contributed by atoms with Crippen LogP contribution in [0.15, 0.2) is 18.5 Å². The van der Waals surface area contributed by atoms with Crippen LogP contribution >= 0.6 is 0 Å². The van der Waals surface area contributed by atoms with Crippen LogP contribution in [0.5, 0.6) is 0 Å². The Labute approximate surface area is 162 Å². The number of hydrogen-bond acceptors (Lipinski definition) is 4. The molecular weight excluding hydrogens is 340 g/mol. The molecule has 2 aliphatic heterocycles. The number of amides is 2. The van der Waals surface area contributed by atoms with Crippen molar-refractivity contribution < 1.29 is 9.59 Å². The number of carbonyl (C=O) groups excluding carboxylic acids is 2. The third-order valence-electron chi connectivity index (χ3n) is 5.51. The van der Waals surface area contributed by atoms with Crippen molar-refractivity contribution in [2.75, 3.05) is 13.1 Å². The number of rotatable bonds is 5. The molecule has 6 nitrogen and oxygen atoms in total. The van der Waals surface area contributed by atoms with Crippen LogP contribution in [0.4, 0.5) is 0 Å². The number of fused-ring (bicyclic) bond motifs is 2. The lowest BCUT2D eigenvalue weighted by Crippen LogP contribution is -2.52. The monoisotopic (exact) mass is 372 g/mol. The Balaban J connectivity index is 1.50. The van der Waals surface area contributed by atoms with Gasteiger partial charge in [-0.3, -0.25) is 19.5 Å². The van der Waals surface area contributed by atoms with Gasteiger partial charge in [0, 0.05) is 36.6 Å². The smallest absolute Gasteiger partial charge is 0.252 e. The van der Waals surface area contributed by atoms with Crippen molar-refractivity contribution >= 4 is 11.8 Å². The van der Waals surface area contributed by atoms with Gasteiger partial charge < -0.3 is 10.6 Å². The highest BCUT2D eigenvalue weighted by atomic mass is 16.2. The topological polar surface area (TPSA) is 74.3 Å². The normalized spacial score (nSPS) is 25.3. The molecule has 3 atom stereocenters. The van der Waals surface area contributed by atoms with Gasteiger partial charge in [0.15, 0.2) is 0 Å². The Bertz CT molecular complexity index is 684. The molecule has 0 radical (unpaired) electrons. The van der Waals surface area contributed by atoms with Crippen LogP contribution in [-0.4, -0.2) is 52.4 Å². The van der Waals surface area contributed by atoms with E-state index in [-0.39, 0.29) is 17.4 Å². The van der Waals surface area contributed by atoms with E-state index in [0.29, 0.717) is 36.7 Å². The number of hydrogen-bond donors (Lipinski definition) is 2. The number of nitrogens with one attached hydrogen (secondary N) is 2. The fourth-order valence-corrected chi connectivity index (χ4v) is 4.45. The summed E-state index contributed by atoms with van der Waals surface area (Å²) >= 11 is 0. The molecule has 0 aliphatic carbocycles. The number of aryl methyl sites for hydroxylation is 1. The first kappa shape index (κ1) is 19.8. The Kier molecular flexibility index (Phi) is 5.84. The Morgan fingerprint density at radius 2 is 1.85 bits per heavy atom. The minimum absolute atomic E-state index is 0.0504. The third kappa shape index (κ3) is 5.28. The van der Waals surface area contributed by atoms with E-state index in [0.717, 1.165) is 31.2 Å². The summed E-state index contributed by atoms with van der Waals surface area (Å²) in [6, 6.07) is 2.77. The van der Waals surface area contributed by atoms with Gasteiger partial charge >= 0.3 is 0 Å². The van der Waals surface area contributed by atoms with Crippen molar-refractivity contribution in [2.24, 2.45) is 5.92 Å². The fourth-order valence-electron chi connectivity index (χ4n) is 4.45. The molecule has 2 bridgehead atoms. The van der Waals surface area contributed by atoms with Crippen LogP contribution in [0.3, 0.4) is 0 Å². The molecule has 1 aromatic rings. The first-order chi connectivity index (χ1) is 12.7. The highest BCUT2D eigenvalue weighted by Gasteiger charge is 2.41. The second-order valence-corrected chi connectivity index (χ2v) is 9.15. The predicted octanol–water partition coefficient (Wildman–Crippen LogP) is 2.28. The van der Waals surface area contributed by atoms with Gasteiger partial charge in [-0.2, -0.15) is 0 Å². The Hall–Kier alpha value is -1.95. The molecule has 0 aromatic carbocycles. The van der Waals surface area contributed by atoms with Gasteiger partial charge in [0.1, 0.15) is 0 Å². The van der Waals surface area contributed by atoms with E-state index in [2.05, 4.69) is 20.5 Å². The van der Waals surface area contributed by atoms with E-state index in [1.807, 2.05) is 33.8 Å². The lowest BCUT2D eigenvalue weighted by atomic mass is 9.90. The SMILES string of the molecule is Cc1cncc(C(=O)NC[C@@H]2C[C@H]3CC[C@@H](C2)N3CC(=O)NC(C)(C)C)c1. The van der Waals surface area contributed by atoms with Gasteiger partial charge in [0.2, 0.25) is 5.91 Å². The zero-order valence-electron chi connectivity index (χ0n) is 16.9. The molecular formula is C21H32N4O2. The van der Waals surface area contributed by atoms with Gasteiger partial charge in [-0.05, 0) is 70.9 Å². The number of pyridine rings is 1. The second kappa shape index (κ2) is 7.97. The molecule has 3 rings (SSSR count). The van der Waals surface area contributed by atoms with E-state index >= 15 is 0 Å². The molecule has 6 heteroatoms. The maximum absolute atomic E-state index is 12.3. The number of piperidine rings is 1. The summed E-state index contributed by atoms with van der Waals surface area (Å²) in [5.41, 5.74) is 1.42. The van der Waals surface area contributed by atoms with Crippen LogP contribution in [0.2, 0.25) is 0 Å². The van der Waals surface area contributed by atoms with Crippen molar-refractivity contribution in [3.8, 4) is 0 Å². The minimum atomic E-state index is -0.191. The number of carbonyl (C=O) groups is 2. The second-order valence-electron chi connectivity index (χ2n) is 9.15. The molecule has 2 N–H and O–H groups in total. The van der Waals surface area contributed by atoms with Crippen molar-refractivity contribution in [3.63, 3.8) is 0 Å². The summed E-state index contributed by atoms with van der Waals surface area (Å²) in [5, 5.41) is 6.14. The van der Waals surface area contributed by atoms with Crippen LogP contribution in [-0.2, 0) is 4.79 Å². The van der Waals surface area contributed by atoms with E-state index in [1.54, 1.807) is 12.4 Å². The molecule has 2 fully saturated rings. The zero-order valence-corrected chi connectivity index (χ0v) is 16.9. The molecule has 2 aliphatic rings. The quantitative estimate of drug-likeness (QED) is 0.832. The summed E-state index contributed by atoms with van der Waals surface area (Å²) in [6.45, 7) is 9.16. The van der Waals surface area contributed by atoms with Gasteiger partial charge in [-0.15, -0.1) is 0 Å². The molecule has 0 unspecified atom stereocenters. The summed E-state index contributed by atoms with van der Waals surface area (Å²) in [4.78, 5) is 31.1. The van der Waals surface area contributed by atoms with E-state index in [1.165, 1.54) is 0 Å². The molecule has 3 heterocycles. The standard InChI is InChI=1S/C21H32N4O2/c1-14-7-16(12-22-10-14)20(27)23-11-15-8-17-5-6-18(9-15)25(17)13-19(26)24-21(2,3)4/h7,10,12,15,17-18H,5-6,8-9,11,13H2,1-4H3,(H,23,27)(H,24,26)/t15-,17-,18+. The Morgan fingerprint density at radius 1 is 1.19 bits per heavy atom. The Morgan fingerprint density at radius 3 is 2.44 bits per heavy atom. The summed E-state index contributed by atoms with van der Waals surface area (Å²) in [7, 11) is 0. The van der Waals surface area contributed by atoms with E-state index in [4.69, 9.17) is 0 Å². The van der Waals surface area contributed by atoms with Crippen molar-refractivity contribution in [1.29, 1.82) is 0 Å². The first-order valence-electron chi connectivity index (χ1n) is 9.98. The zero-order chi connectivity index (χ0) is 19.6. The molecule has 27 heavy (non-hydrogen) atoms. The third-order valence-corrected chi connectivity index (χ3v) is 5.51. The summed E-state index contributed by atoms with van der Waals surface area (Å²) < 4.78 is 0. The lowest BCUT2D eigenvalue weighted by Gasteiger charge is -2.39. The largest absolute Gasteiger partial charge is 0.352 e. The molecule has 0 spiro atoms. The minimum Gasteiger partial charge on any atom is -0.352 e. The van der Waals surface area contributed by atoms with Gasteiger partial charge in [-0.1, -0.05) is 0 Å². The summed E-state index contributed by atoms with van der Waals surface area (Å²) in [6.07, 6.45) is 7.76. The van der Waals surface area contributed by atoms with Crippen molar-refractivity contribution in [3.05, 3.63) is 29.6 Å². The first-order valence-corrected chi connectivity index (χ1v) is 9.98. The van der Waals surface area contributed by atoms with Crippen LogP contribution in [0.25, 0.3) is 0 Å². The maximum atomic E-state index is 12.3. The van der Waals surface area contributed by atoms with Crippen LogP contribution in [0.1, 0.15) is 62.4 Å². The molecule has 2 amide bonds. The number of nitrogens with zero attached hydrogens (tertiary/aromatic N) is 2. The van der Waals surface area contributed by atoms with Gasteiger partial charge in [-0.25, -0.2) is 0 Å². The average Bonchev–Trinajstić information content (AvgIpc) is 2.80. The molecule has 2 saturated heterocycles. The maximum Gasteiger partial charge on any atom is 0.252 e. The highest BCUT2D eigenvalue weighted by molar-refractivity contribution is 5.94. The van der Waals surface area contributed by atoms with E-state index < -0.39 is 0 Å². The highest BCUT2D eigenvalue weighted by Crippen LogP contribution is 2.38. The predicted molar refractivity (Wildman–Crippen MR) is 105 cm³/mol. The van der Waals surface area contributed by atoms with Crippen LogP contribution in [0, 0.1) is 12.8 Å². The molecule has 1 aromatic heterocycles. The van der Waals surface area contributed by atoms with Gasteiger partial charge in [0.05, 0.1) is 12.1 Å². The number of aromatic nitrogens is 1. The average molecular weight is 373 g/mol. The van der Waals surface area contributed by atoms with Crippen molar-refractivity contribution in [1.82, 2.24) is 20.5 Å². The molecule has 0 saturated carbocycles. The van der Waals surface area contributed by atoms with E-state index in [9.17, 15) is 9.59 Å². The molecule has 148 valence electrons. The summed E-state index contributed by atoms with van der Waals surface area (Å²) in [5.74, 6) is 0.537. The van der Waals surface area contributed by atoms with Crippen molar-refractivity contribution in [2.45, 2.75) is 71.0 Å².